The number of rotatable bonds is 7. The Morgan fingerprint density at radius 2 is 1.50 bits per heavy atom. The van der Waals surface area contributed by atoms with Crippen LogP contribution in [-0.4, -0.2) is 14.3 Å². The lowest BCUT2D eigenvalue weighted by molar-refractivity contribution is 0.102. The van der Waals surface area contributed by atoms with E-state index in [-0.39, 0.29) is 16.1 Å². The number of ether oxygens (including phenoxy) is 1. The van der Waals surface area contributed by atoms with Gasteiger partial charge in [-0.2, -0.15) is 0 Å². The first-order valence-corrected chi connectivity index (χ1v) is 11.9. The molecule has 0 unspecified atom stereocenters. The third kappa shape index (κ3) is 5.72. The second-order valence-corrected chi connectivity index (χ2v) is 9.26. The van der Waals surface area contributed by atoms with Crippen molar-refractivity contribution in [3.63, 3.8) is 0 Å². The fraction of sp³-hybridized carbons (Fsp3) is 0. The topological polar surface area (TPSA) is 84.5 Å². The number of hydrogen-bond acceptors (Lipinski definition) is 4. The van der Waals surface area contributed by atoms with Gasteiger partial charge in [0.15, 0.2) is 0 Å². The van der Waals surface area contributed by atoms with Crippen LogP contribution in [0.2, 0.25) is 5.02 Å². The van der Waals surface area contributed by atoms with Gasteiger partial charge in [-0.3, -0.25) is 9.52 Å². The summed E-state index contributed by atoms with van der Waals surface area (Å²) in [4.78, 5) is 13.0. The molecule has 0 radical (unpaired) electrons. The molecule has 1 amide bonds. The van der Waals surface area contributed by atoms with Crippen molar-refractivity contribution in [2.24, 2.45) is 0 Å². The molecule has 172 valence electrons. The Morgan fingerprint density at radius 3 is 2.18 bits per heavy atom. The molecule has 0 heterocycles. The van der Waals surface area contributed by atoms with Crippen molar-refractivity contribution in [1.82, 2.24) is 0 Å². The minimum Gasteiger partial charge on any atom is -0.457 e. The van der Waals surface area contributed by atoms with E-state index in [1.165, 1.54) is 18.2 Å². The van der Waals surface area contributed by atoms with Crippen molar-refractivity contribution in [3.05, 3.63) is 113 Å². The summed E-state index contributed by atoms with van der Waals surface area (Å²) in [5.41, 5.74) is 0.515. The summed E-state index contributed by atoms with van der Waals surface area (Å²) >= 11 is 5.90. The van der Waals surface area contributed by atoms with Gasteiger partial charge >= 0.3 is 0 Å². The quantitative estimate of drug-likeness (QED) is 0.313. The molecule has 0 atom stereocenters. The normalized spacial score (nSPS) is 11.0. The van der Waals surface area contributed by atoms with Crippen LogP contribution in [0.1, 0.15) is 10.4 Å². The average Bonchev–Trinajstić information content (AvgIpc) is 2.82. The van der Waals surface area contributed by atoms with Gasteiger partial charge in [0.2, 0.25) is 0 Å². The van der Waals surface area contributed by atoms with Crippen molar-refractivity contribution in [2.45, 2.75) is 4.90 Å². The molecule has 2 N–H and O–H groups in total. The van der Waals surface area contributed by atoms with Gasteiger partial charge < -0.3 is 10.1 Å². The van der Waals surface area contributed by atoms with E-state index in [0.717, 1.165) is 24.3 Å². The van der Waals surface area contributed by atoms with E-state index in [9.17, 15) is 17.6 Å². The second kappa shape index (κ2) is 9.94. The highest BCUT2D eigenvalue weighted by Gasteiger charge is 2.20. The number of amides is 1. The van der Waals surface area contributed by atoms with Crippen molar-refractivity contribution in [3.8, 4) is 11.5 Å². The van der Waals surface area contributed by atoms with Gasteiger partial charge in [0.05, 0.1) is 16.1 Å². The van der Waals surface area contributed by atoms with E-state index in [1.807, 2.05) is 6.07 Å². The van der Waals surface area contributed by atoms with Crippen molar-refractivity contribution in [1.29, 1.82) is 0 Å². The molecule has 34 heavy (non-hydrogen) atoms. The first-order valence-electron chi connectivity index (χ1n) is 10.0. The van der Waals surface area contributed by atoms with Gasteiger partial charge in [0.25, 0.3) is 15.9 Å². The number of hydrogen-bond donors (Lipinski definition) is 2. The first kappa shape index (κ1) is 23.3. The number of carbonyl (C=O) groups excluding carboxylic acids is 1. The maximum Gasteiger partial charge on any atom is 0.261 e. The minimum atomic E-state index is -4.09. The van der Waals surface area contributed by atoms with Gasteiger partial charge in [-0.05, 0) is 78.9 Å². The van der Waals surface area contributed by atoms with Gasteiger partial charge in [-0.1, -0.05) is 29.8 Å². The zero-order chi connectivity index (χ0) is 24.1. The predicted octanol–water partition coefficient (Wildman–Crippen LogP) is 6.32. The predicted molar refractivity (Wildman–Crippen MR) is 130 cm³/mol. The summed E-state index contributed by atoms with van der Waals surface area (Å²) in [6.07, 6.45) is 0. The van der Waals surface area contributed by atoms with Crippen LogP contribution in [-0.2, 0) is 10.0 Å². The van der Waals surface area contributed by atoms with Crippen LogP contribution in [0.5, 0.6) is 11.5 Å². The van der Waals surface area contributed by atoms with Crippen LogP contribution in [0.25, 0.3) is 0 Å². The third-order valence-corrected chi connectivity index (χ3v) is 6.32. The Hall–Kier alpha value is -3.88. The van der Waals surface area contributed by atoms with E-state index < -0.39 is 21.7 Å². The van der Waals surface area contributed by atoms with E-state index in [0.29, 0.717) is 22.2 Å². The molecule has 9 heteroatoms. The zero-order valence-electron chi connectivity index (χ0n) is 17.5. The lowest BCUT2D eigenvalue weighted by atomic mass is 10.1. The number of halogens is 2. The lowest BCUT2D eigenvalue weighted by Crippen LogP contribution is -2.18. The number of benzene rings is 4. The maximum absolute atomic E-state index is 13.2. The largest absolute Gasteiger partial charge is 0.457 e. The van der Waals surface area contributed by atoms with E-state index >= 15 is 0 Å². The van der Waals surface area contributed by atoms with E-state index in [1.54, 1.807) is 48.5 Å². The molecule has 0 aliphatic carbocycles. The number of anilines is 2. The molecule has 0 fully saturated rings. The molecule has 0 spiro atoms. The molecule has 0 aromatic heterocycles. The second-order valence-electron chi connectivity index (χ2n) is 7.14. The monoisotopic (exact) mass is 496 g/mol. The van der Waals surface area contributed by atoms with Crippen LogP contribution in [0.15, 0.2) is 102 Å². The Labute approximate surface area is 201 Å². The van der Waals surface area contributed by atoms with Gasteiger partial charge in [-0.25, -0.2) is 12.8 Å². The van der Waals surface area contributed by atoms with Crippen LogP contribution in [0.4, 0.5) is 15.8 Å². The van der Waals surface area contributed by atoms with Gasteiger partial charge in [0, 0.05) is 10.7 Å². The summed E-state index contributed by atoms with van der Waals surface area (Å²) < 4.78 is 47.1. The highest BCUT2D eigenvalue weighted by molar-refractivity contribution is 7.92. The Bertz CT molecular complexity index is 1410. The molecule has 4 aromatic carbocycles. The van der Waals surface area contributed by atoms with Gasteiger partial charge in [-0.15, -0.1) is 0 Å². The summed E-state index contributed by atoms with van der Waals surface area (Å²) in [6, 6.07) is 24.2. The van der Waals surface area contributed by atoms with Crippen LogP contribution in [0.3, 0.4) is 0 Å². The van der Waals surface area contributed by atoms with E-state index in [2.05, 4.69) is 10.0 Å². The molecular weight excluding hydrogens is 479 g/mol. The Kier molecular flexibility index (Phi) is 6.81. The smallest absolute Gasteiger partial charge is 0.261 e. The molecule has 0 aliphatic rings. The maximum atomic E-state index is 13.2. The molecule has 0 saturated heterocycles. The number of carbonyl (C=O) groups is 1. The van der Waals surface area contributed by atoms with Crippen molar-refractivity contribution in [2.75, 3.05) is 10.0 Å². The number of nitrogens with one attached hydrogen (secondary N) is 2. The average molecular weight is 497 g/mol. The summed E-state index contributed by atoms with van der Waals surface area (Å²) in [7, 11) is -4.09. The van der Waals surface area contributed by atoms with Crippen LogP contribution >= 0.6 is 11.6 Å². The summed E-state index contributed by atoms with van der Waals surface area (Å²) in [5, 5.41) is 3.22. The lowest BCUT2D eigenvalue weighted by Gasteiger charge is -2.15. The third-order valence-electron chi connectivity index (χ3n) is 4.68. The zero-order valence-corrected chi connectivity index (χ0v) is 19.1. The number of para-hydroxylation sites is 1. The molecule has 0 saturated carbocycles. The van der Waals surface area contributed by atoms with Crippen LogP contribution < -0.4 is 14.8 Å². The van der Waals surface area contributed by atoms with Crippen LogP contribution in [0, 0.1) is 5.82 Å². The summed E-state index contributed by atoms with van der Waals surface area (Å²) in [6.45, 7) is 0. The fourth-order valence-electron chi connectivity index (χ4n) is 3.04. The molecule has 0 aliphatic heterocycles. The molecular formula is C25H18ClFN2O4S. The molecule has 4 rings (SSSR count). The minimum absolute atomic E-state index is 0.0223. The Balaban J connectivity index is 1.68. The highest BCUT2D eigenvalue weighted by Crippen LogP contribution is 2.29. The Morgan fingerprint density at radius 1 is 0.824 bits per heavy atom. The SMILES string of the molecule is O=C(Nc1ccc(Cl)cc1)c1cc(Oc2ccccc2)ccc1NS(=O)(=O)c1ccc(F)cc1. The number of sulfonamides is 1. The molecule has 4 aromatic rings. The van der Waals surface area contributed by atoms with Crippen molar-refractivity contribution < 1.29 is 22.3 Å². The van der Waals surface area contributed by atoms with Gasteiger partial charge in [0.1, 0.15) is 17.3 Å². The van der Waals surface area contributed by atoms with Crippen molar-refractivity contribution >= 4 is 38.9 Å². The fourth-order valence-corrected chi connectivity index (χ4v) is 4.24. The summed E-state index contributed by atoms with van der Waals surface area (Å²) in [5.74, 6) is -0.259. The molecule has 6 nitrogen and oxygen atoms in total. The molecule has 0 bridgehead atoms. The van der Waals surface area contributed by atoms with E-state index in [4.69, 9.17) is 16.3 Å². The highest BCUT2D eigenvalue weighted by atomic mass is 35.5. The first-order chi connectivity index (χ1) is 16.3. The standard InChI is InChI=1S/C25H18ClFN2O4S/c26-17-6-10-19(11-7-17)28-25(30)23-16-21(33-20-4-2-1-3-5-20)12-15-24(23)29-34(31,32)22-13-8-18(27)9-14-22/h1-16,29H,(H,28,30).